The number of halogens is 1. The summed E-state index contributed by atoms with van der Waals surface area (Å²) in [4.78, 5) is 0. The van der Waals surface area contributed by atoms with Gasteiger partial charge < -0.3 is 5.32 Å². The van der Waals surface area contributed by atoms with Crippen LogP contribution in [0.3, 0.4) is 0 Å². The van der Waals surface area contributed by atoms with Gasteiger partial charge in [0.1, 0.15) is 0 Å². The molecule has 3 rings (SSSR count). The van der Waals surface area contributed by atoms with E-state index in [-0.39, 0.29) is 0 Å². The van der Waals surface area contributed by atoms with Crippen molar-refractivity contribution in [2.75, 3.05) is 13.6 Å². The topological polar surface area (TPSA) is 12.0 Å². The Kier molecular flexibility index (Phi) is 3.21. The predicted molar refractivity (Wildman–Crippen MR) is 78.1 cm³/mol. The Morgan fingerprint density at radius 3 is 2.78 bits per heavy atom. The van der Waals surface area contributed by atoms with E-state index in [4.69, 9.17) is 11.6 Å². The number of fused-ring (bicyclic) bond motifs is 2. The Bertz CT molecular complexity index is 484. The van der Waals surface area contributed by atoms with Gasteiger partial charge in [-0.3, -0.25) is 0 Å². The van der Waals surface area contributed by atoms with Crippen LogP contribution in [0.25, 0.3) is 5.57 Å². The van der Waals surface area contributed by atoms with E-state index in [0.717, 1.165) is 18.0 Å². The van der Waals surface area contributed by atoms with Crippen molar-refractivity contribution in [1.29, 1.82) is 0 Å². The zero-order valence-corrected chi connectivity index (χ0v) is 11.7. The number of rotatable bonds is 3. The van der Waals surface area contributed by atoms with Crippen molar-refractivity contribution in [2.24, 2.45) is 0 Å². The summed E-state index contributed by atoms with van der Waals surface area (Å²) in [6, 6.07) is 6.46. The van der Waals surface area contributed by atoms with E-state index in [9.17, 15) is 0 Å². The largest absolute Gasteiger partial charge is 0.319 e. The number of allylic oxidation sites excluding steroid dienone is 1. The summed E-state index contributed by atoms with van der Waals surface area (Å²) >= 11 is 6.17. The van der Waals surface area contributed by atoms with Gasteiger partial charge in [0, 0.05) is 10.4 Å². The molecule has 0 aliphatic heterocycles. The average molecular weight is 262 g/mol. The summed E-state index contributed by atoms with van der Waals surface area (Å²) in [7, 11) is 2.01. The smallest absolute Gasteiger partial charge is 0.0412 e. The Balaban J connectivity index is 2.03. The SMILES string of the molecule is CNCCC1=CC2(CCCC2)c2ccc(Cl)cc21. The van der Waals surface area contributed by atoms with Gasteiger partial charge in [-0.25, -0.2) is 0 Å². The molecule has 1 nitrogen and oxygen atoms in total. The molecule has 96 valence electrons. The van der Waals surface area contributed by atoms with Gasteiger partial charge in [0.2, 0.25) is 0 Å². The Morgan fingerprint density at radius 2 is 2.06 bits per heavy atom. The van der Waals surface area contributed by atoms with Crippen LogP contribution in [0.15, 0.2) is 24.3 Å². The quantitative estimate of drug-likeness (QED) is 0.862. The van der Waals surface area contributed by atoms with E-state index in [0.29, 0.717) is 5.41 Å². The molecule has 1 spiro atoms. The van der Waals surface area contributed by atoms with Crippen LogP contribution in [0.5, 0.6) is 0 Å². The lowest BCUT2D eigenvalue weighted by atomic mass is 9.81. The third-order valence-corrected chi connectivity index (χ3v) is 4.69. The van der Waals surface area contributed by atoms with Crippen LogP contribution in [-0.4, -0.2) is 13.6 Å². The predicted octanol–water partition coefficient (Wildman–Crippen LogP) is 4.16. The average Bonchev–Trinajstić information content (AvgIpc) is 2.94. The molecule has 18 heavy (non-hydrogen) atoms. The molecule has 0 bridgehead atoms. The molecular weight excluding hydrogens is 242 g/mol. The van der Waals surface area contributed by atoms with Crippen LogP contribution in [-0.2, 0) is 5.41 Å². The van der Waals surface area contributed by atoms with Crippen molar-refractivity contribution in [3.8, 4) is 0 Å². The maximum absolute atomic E-state index is 6.17. The van der Waals surface area contributed by atoms with Crippen molar-refractivity contribution < 1.29 is 0 Å². The van der Waals surface area contributed by atoms with Crippen molar-refractivity contribution in [2.45, 2.75) is 37.5 Å². The highest BCUT2D eigenvalue weighted by atomic mass is 35.5. The molecule has 0 heterocycles. The highest BCUT2D eigenvalue weighted by Crippen LogP contribution is 2.51. The van der Waals surface area contributed by atoms with Gasteiger partial charge in [-0.05, 0) is 61.7 Å². The van der Waals surface area contributed by atoms with Gasteiger partial charge in [0.25, 0.3) is 0 Å². The van der Waals surface area contributed by atoms with Crippen molar-refractivity contribution in [1.82, 2.24) is 5.32 Å². The summed E-state index contributed by atoms with van der Waals surface area (Å²) in [5.74, 6) is 0. The lowest BCUT2D eigenvalue weighted by molar-refractivity contribution is 0.567. The molecule has 0 atom stereocenters. The summed E-state index contributed by atoms with van der Waals surface area (Å²) in [6.07, 6.45) is 8.98. The number of benzene rings is 1. The number of nitrogens with one attached hydrogen (secondary N) is 1. The first kappa shape index (κ1) is 12.3. The second-order valence-electron chi connectivity index (χ2n) is 5.58. The first-order valence-electron chi connectivity index (χ1n) is 6.92. The van der Waals surface area contributed by atoms with Gasteiger partial charge >= 0.3 is 0 Å². The van der Waals surface area contributed by atoms with Crippen LogP contribution in [0.4, 0.5) is 0 Å². The molecule has 1 fully saturated rings. The molecule has 0 saturated heterocycles. The summed E-state index contributed by atoms with van der Waals surface area (Å²) < 4.78 is 0. The van der Waals surface area contributed by atoms with E-state index in [2.05, 4.69) is 29.6 Å². The molecule has 0 unspecified atom stereocenters. The fourth-order valence-corrected chi connectivity index (χ4v) is 3.76. The maximum atomic E-state index is 6.17. The molecule has 0 radical (unpaired) electrons. The molecule has 0 amide bonds. The summed E-state index contributed by atoms with van der Waals surface area (Å²) in [5, 5.41) is 4.11. The monoisotopic (exact) mass is 261 g/mol. The molecule has 2 heteroatoms. The number of hydrogen-bond donors (Lipinski definition) is 1. The molecular formula is C16H20ClN. The molecule has 1 N–H and O–H groups in total. The molecule has 2 aliphatic rings. The zero-order valence-electron chi connectivity index (χ0n) is 10.9. The first-order valence-corrected chi connectivity index (χ1v) is 7.30. The molecule has 2 aliphatic carbocycles. The minimum absolute atomic E-state index is 0.336. The lowest BCUT2D eigenvalue weighted by Crippen LogP contribution is -2.16. The van der Waals surface area contributed by atoms with Gasteiger partial charge in [0.05, 0.1) is 0 Å². The van der Waals surface area contributed by atoms with Crippen LogP contribution in [0.1, 0.15) is 43.2 Å². The zero-order chi connectivity index (χ0) is 12.6. The third-order valence-electron chi connectivity index (χ3n) is 4.45. The fourth-order valence-electron chi connectivity index (χ4n) is 3.59. The van der Waals surface area contributed by atoms with Crippen molar-refractivity contribution >= 4 is 17.2 Å². The van der Waals surface area contributed by atoms with Gasteiger partial charge in [-0.15, -0.1) is 0 Å². The minimum atomic E-state index is 0.336. The second kappa shape index (κ2) is 4.71. The fraction of sp³-hybridized carbons (Fsp3) is 0.500. The molecule has 1 aromatic carbocycles. The van der Waals surface area contributed by atoms with Crippen LogP contribution in [0.2, 0.25) is 5.02 Å². The van der Waals surface area contributed by atoms with E-state index >= 15 is 0 Å². The van der Waals surface area contributed by atoms with E-state index in [1.54, 1.807) is 0 Å². The maximum Gasteiger partial charge on any atom is 0.0412 e. The molecule has 1 saturated carbocycles. The first-order chi connectivity index (χ1) is 8.75. The number of hydrogen-bond acceptors (Lipinski definition) is 1. The van der Waals surface area contributed by atoms with Crippen LogP contribution in [0, 0.1) is 0 Å². The van der Waals surface area contributed by atoms with E-state index in [1.807, 2.05) is 7.05 Å². The normalized spacial score (nSPS) is 20.2. The highest BCUT2D eigenvalue weighted by Gasteiger charge is 2.39. The van der Waals surface area contributed by atoms with E-state index in [1.165, 1.54) is 42.4 Å². The summed E-state index contributed by atoms with van der Waals surface area (Å²) in [5.41, 5.74) is 4.75. The van der Waals surface area contributed by atoms with Crippen molar-refractivity contribution in [3.05, 3.63) is 40.4 Å². The molecule has 0 aromatic heterocycles. The minimum Gasteiger partial charge on any atom is -0.319 e. The Labute approximate surface area is 114 Å². The highest BCUT2D eigenvalue weighted by molar-refractivity contribution is 6.30. The Hall–Kier alpha value is -0.790. The second-order valence-corrected chi connectivity index (χ2v) is 6.01. The summed E-state index contributed by atoms with van der Waals surface area (Å²) in [6.45, 7) is 1.04. The molecule has 1 aromatic rings. The third kappa shape index (κ3) is 1.90. The Morgan fingerprint density at radius 1 is 1.28 bits per heavy atom. The van der Waals surface area contributed by atoms with Gasteiger partial charge in [-0.2, -0.15) is 0 Å². The van der Waals surface area contributed by atoms with E-state index < -0.39 is 0 Å². The lowest BCUT2D eigenvalue weighted by Gasteiger charge is -2.22. The van der Waals surface area contributed by atoms with Crippen LogP contribution < -0.4 is 5.32 Å². The van der Waals surface area contributed by atoms with Gasteiger partial charge in [-0.1, -0.05) is 36.6 Å². The van der Waals surface area contributed by atoms with Crippen LogP contribution >= 0.6 is 11.6 Å². The van der Waals surface area contributed by atoms with Crippen molar-refractivity contribution in [3.63, 3.8) is 0 Å². The standard InChI is InChI=1S/C16H20ClN/c1-18-9-6-12-11-16(7-2-3-8-16)15-5-4-13(17)10-14(12)15/h4-5,10-11,18H,2-3,6-9H2,1H3. The van der Waals surface area contributed by atoms with Gasteiger partial charge in [0.15, 0.2) is 0 Å².